The third-order valence-electron chi connectivity index (χ3n) is 4.27. The van der Waals surface area contributed by atoms with Gasteiger partial charge in [-0.25, -0.2) is 9.82 Å². The van der Waals surface area contributed by atoms with Crippen LogP contribution < -0.4 is 14.9 Å². The number of benzene rings is 3. The minimum atomic E-state index is -0.436. The molecule has 0 unspecified atom stereocenters. The molecule has 5 nitrogen and oxygen atoms in total. The van der Waals surface area contributed by atoms with Gasteiger partial charge in [0.2, 0.25) is 0 Å². The Labute approximate surface area is 189 Å². The van der Waals surface area contributed by atoms with Crippen LogP contribution in [0.1, 0.15) is 27.0 Å². The molecule has 0 aliphatic heterocycles. The van der Waals surface area contributed by atoms with Crippen LogP contribution in [0.4, 0.5) is 4.39 Å². The second-order valence-electron chi connectivity index (χ2n) is 6.64. The van der Waals surface area contributed by atoms with Gasteiger partial charge < -0.3 is 9.47 Å². The number of hydrogen-bond acceptors (Lipinski definition) is 4. The predicted molar refractivity (Wildman–Crippen MR) is 120 cm³/mol. The molecule has 0 bridgehead atoms. The number of nitrogens with one attached hydrogen (secondary N) is 1. The van der Waals surface area contributed by atoms with Crippen molar-refractivity contribution in [2.45, 2.75) is 13.5 Å². The monoisotopic (exact) mass is 460 g/mol. The van der Waals surface area contributed by atoms with E-state index in [0.29, 0.717) is 33.2 Å². The Balaban J connectivity index is 1.70. The number of halogens is 3. The van der Waals surface area contributed by atoms with E-state index in [1.54, 1.807) is 42.5 Å². The third-order valence-corrected chi connectivity index (χ3v) is 4.87. The first-order chi connectivity index (χ1) is 14.9. The average Bonchev–Trinajstić information content (AvgIpc) is 2.72. The van der Waals surface area contributed by atoms with Gasteiger partial charge in [-0.15, -0.1) is 0 Å². The Hall–Kier alpha value is -3.09. The van der Waals surface area contributed by atoms with Gasteiger partial charge in [-0.1, -0.05) is 41.4 Å². The van der Waals surface area contributed by atoms with Gasteiger partial charge in [0.05, 0.1) is 28.9 Å². The minimum Gasteiger partial charge on any atom is -0.493 e. The first-order valence-electron chi connectivity index (χ1n) is 9.21. The van der Waals surface area contributed by atoms with Gasteiger partial charge in [-0.05, 0) is 60.0 Å². The molecule has 0 aliphatic carbocycles. The number of nitrogens with zero attached hydrogens (tertiary/aromatic N) is 1. The lowest BCUT2D eigenvalue weighted by Gasteiger charge is -2.13. The van der Waals surface area contributed by atoms with Crippen LogP contribution in [0, 0.1) is 12.7 Å². The molecule has 1 amide bonds. The van der Waals surface area contributed by atoms with Crippen molar-refractivity contribution < 1.29 is 18.7 Å². The summed E-state index contributed by atoms with van der Waals surface area (Å²) in [5, 5.41) is 4.58. The summed E-state index contributed by atoms with van der Waals surface area (Å²) in [6, 6.07) is 14.5. The average molecular weight is 461 g/mol. The Bertz CT molecular complexity index is 1140. The van der Waals surface area contributed by atoms with Crippen molar-refractivity contribution in [1.82, 2.24) is 5.43 Å². The highest BCUT2D eigenvalue weighted by Gasteiger charge is 2.13. The number of hydrazone groups is 1. The second-order valence-corrected chi connectivity index (χ2v) is 7.45. The van der Waals surface area contributed by atoms with Gasteiger partial charge in [0.25, 0.3) is 5.91 Å². The van der Waals surface area contributed by atoms with E-state index in [0.717, 1.165) is 5.56 Å². The SMILES string of the molecule is COc1cc(/C=N\NC(=O)c2ccc(C)cc2Cl)cc(Cl)c1OCc1cccc(F)c1. The molecule has 3 aromatic rings. The summed E-state index contributed by atoms with van der Waals surface area (Å²) in [5.41, 5.74) is 4.93. The molecule has 31 heavy (non-hydrogen) atoms. The number of rotatable bonds is 7. The van der Waals surface area contributed by atoms with E-state index in [9.17, 15) is 9.18 Å². The number of carbonyl (C=O) groups is 1. The van der Waals surface area contributed by atoms with E-state index in [-0.39, 0.29) is 17.4 Å². The van der Waals surface area contributed by atoms with Crippen molar-refractivity contribution in [3.63, 3.8) is 0 Å². The Kier molecular flexibility index (Phi) is 7.50. The third kappa shape index (κ3) is 5.96. The fraction of sp³-hybridized carbons (Fsp3) is 0.130. The van der Waals surface area contributed by atoms with Crippen LogP contribution in [-0.4, -0.2) is 19.2 Å². The van der Waals surface area contributed by atoms with Crippen molar-refractivity contribution in [2.75, 3.05) is 7.11 Å². The summed E-state index contributed by atoms with van der Waals surface area (Å²) in [4.78, 5) is 12.2. The molecule has 0 heterocycles. The molecule has 3 aromatic carbocycles. The standard InChI is InChI=1S/C23H19Cl2FN2O3/c1-14-6-7-18(19(24)8-14)23(29)28-27-12-16-10-20(25)22(21(11-16)30-2)31-13-15-4-3-5-17(26)9-15/h3-12H,13H2,1-2H3,(H,28,29)/b27-12-. The highest BCUT2D eigenvalue weighted by molar-refractivity contribution is 6.34. The number of methoxy groups -OCH3 is 1. The van der Waals surface area contributed by atoms with E-state index in [1.807, 2.05) is 6.92 Å². The van der Waals surface area contributed by atoms with E-state index < -0.39 is 5.91 Å². The van der Waals surface area contributed by atoms with Gasteiger partial charge in [0.1, 0.15) is 12.4 Å². The quantitative estimate of drug-likeness (QED) is 0.358. The lowest BCUT2D eigenvalue weighted by Crippen LogP contribution is -2.18. The van der Waals surface area contributed by atoms with Crippen molar-refractivity contribution in [3.05, 3.63) is 92.7 Å². The van der Waals surface area contributed by atoms with Crippen LogP contribution in [0.3, 0.4) is 0 Å². The largest absolute Gasteiger partial charge is 0.493 e. The first-order valence-corrected chi connectivity index (χ1v) is 9.97. The molecule has 0 aromatic heterocycles. The molecule has 0 radical (unpaired) electrons. The number of aryl methyl sites for hydroxylation is 1. The van der Waals surface area contributed by atoms with Gasteiger partial charge in [0, 0.05) is 0 Å². The zero-order valence-electron chi connectivity index (χ0n) is 16.8. The molecular weight excluding hydrogens is 442 g/mol. The molecule has 0 saturated heterocycles. The van der Waals surface area contributed by atoms with Crippen LogP contribution in [0.25, 0.3) is 0 Å². The van der Waals surface area contributed by atoms with Gasteiger partial charge >= 0.3 is 0 Å². The van der Waals surface area contributed by atoms with Gasteiger partial charge in [-0.2, -0.15) is 5.10 Å². The zero-order valence-corrected chi connectivity index (χ0v) is 18.3. The molecule has 0 saturated carbocycles. The highest BCUT2D eigenvalue weighted by atomic mass is 35.5. The Morgan fingerprint density at radius 3 is 2.65 bits per heavy atom. The summed E-state index contributed by atoms with van der Waals surface area (Å²) in [7, 11) is 1.47. The molecule has 0 fully saturated rings. The summed E-state index contributed by atoms with van der Waals surface area (Å²) in [6.07, 6.45) is 1.42. The number of carbonyl (C=O) groups excluding carboxylic acids is 1. The lowest BCUT2D eigenvalue weighted by atomic mass is 10.1. The van der Waals surface area contributed by atoms with Crippen molar-refractivity contribution in [1.29, 1.82) is 0 Å². The van der Waals surface area contributed by atoms with E-state index >= 15 is 0 Å². The Morgan fingerprint density at radius 2 is 1.94 bits per heavy atom. The molecule has 0 aliphatic rings. The van der Waals surface area contributed by atoms with E-state index in [4.69, 9.17) is 32.7 Å². The molecule has 1 N–H and O–H groups in total. The highest BCUT2D eigenvalue weighted by Crippen LogP contribution is 2.36. The zero-order chi connectivity index (χ0) is 22.4. The summed E-state index contributed by atoms with van der Waals surface area (Å²) < 4.78 is 24.4. The fourth-order valence-electron chi connectivity index (χ4n) is 2.77. The maximum atomic E-state index is 13.3. The van der Waals surface area contributed by atoms with Gasteiger partial charge in [-0.3, -0.25) is 4.79 Å². The van der Waals surface area contributed by atoms with Crippen LogP contribution in [0.2, 0.25) is 10.0 Å². The molecule has 8 heteroatoms. The second kappa shape index (κ2) is 10.3. The molecule has 0 spiro atoms. The number of amides is 1. The molecular formula is C23H19Cl2FN2O3. The summed E-state index contributed by atoms with van der Waals surface area (Å²) in [5.74, 6) is -0.0895. The maximum Gasteiger partial charge on any atom is 0.272 e. The van der Waals surface area contributed by atoms with Crippen LogP contribution in [-0.2, 0) is 6.61 Å². The summed E-state index contributed by atoms with van der Waals surface area (Å²) in [6.45, 7) is 2.00. The van der Waals surface area contributed by atoms with Gasteiger partial charge in [0.15, 0.2) is 11.5 Å². The molecule has 3 rings (SSSR count). The molecule has 160 valence electrons. The van der Waals surface area contributed by atoms with Crippen molar-refractivity contribution >= 4 is 35.3 Å². The van der Waals surface area contributed by atoms with Crippen LogP contribution in [0.15, 0.2) is 59.7 Å². The predicted octanol–water partition coefficient (Wildman–Crippen LogP) is 5.79. The normalized spacial score (nSPS) is 10.9. The van der Waals surface area contributed by atoms with Crippen LogP contribution in [0.5, 0.6) is 11.5 Å². The van der Waals surface area contributed by atoms with Crippen molar-refractivity contribution in [3.8, 4) is 11.5 Å². The lowest BCUT2D eigenvalue weighted by molar-refractivity contribution is 0.0955. The number of hydrogen-bond donors (Lipinski definition) is 1. The Morgan fingerprint density at radius 1 is 1.13 bits per heavy atom. The van der Waals surface area contributed by atoms with Crippen molar-refractivity contribution in [2.24, 2.45) is 5.10 Å². The topological polar surface area (TPSA) is 59.9 Å². The van der Waals surface area contributed by atoms with E-state index in [2.05, 4.69) is 10.5 Å². The smallest absolute Gasteiger partial charge is 0.272 e. The molecule has 0 atom stereocenters. The summed E-state index contributed by atoms with van der Waals surface area (Å²) >= 11 is 12.4. The number of ether oxygens (including phenoxy) is 2. The fourth-order valence-corrected chi connectivity index (χ4v) is 3.36. The minimum absolute atomic E-state index is 0.120. The maximum absolute atomic E-state index is 13.3. The van der Waals surface area contributed by atoms with Crippen LogP contribution >= 0.6 is 23.2 Å². The van der Waals surface area contributed by atoms with E-state index in [1.165, 1.54) is 25.5 Å². The first kappa shape index (κ1) is 22.6.